The van der Waals surface area contributed by atoms with Gasteiger partial charge in [-0.1, -0.05) is 13.8 Å². The number of pyridine rings is 1. The number of nitrogens with zero attached hydrogens (tertiary/aromatic N) is 2. The van der Waals surface area contributed by atoms with Gasteiger partial charge >= 0.3 is 5.69 Å². The molecular weight excluding hydrogens is 272 g/mol. The normalized spacial score (nSPS) is 11.2. The Balaban J connectivity index is 2.98. The van der Waals surface area contributed by atoms with E-state index in [1.807, 2.05) is 20.8 Å². The lowest BCUT2D eigenvalue weighted by Gasteiger charge is -2.29. The summed E-state index contributed by atoms with van der Waals surface area (Å²) < 4.78 is 0. The van der Waals surface area contributed by atoms with Crippen molar-refractivity contribution in [3.8, 4) is 0 Å². The van der Waals surface area contributed by atoms with Gasteiger partial charge in [0, 0.05) is 24.6 Å². The number of aliphatic hydroxyl groups is 1. The van der Waals surface area contributed by atoms with E-state index in [4.69, 9.17) is 0 Å². The lowest BCUT2D eigenvalue weighted by Crippen LogP contribution is -2.32. The second kappa shape index (κ2) is 7.78. The first-order chi connectivity index (χ1) is 10.0. The minimum Gasteiger partial charge on any atom is -0.396 e. The highest BCUT2D eigenvalue weighted by Gasteiger charge is 2.26. The van der Waals surface area contributed by atoms with Crippen LogP contribution in [0.1, 0.15) is 33.6 Å². The van der Waals surface area contributed by atoms with Crippen molar-refractivity contribution in [3.63, 3.8) is 0 Å². The maximum Gasteiger partial charge on any atom is 0.311 e. The molecule has 0 saturated heterocycles. The Morgan fingerprint density at radius 3 is 2.43 bits per heavy atom. The standard InChI is InChI=1S/C14H24N4O3/c1-4-14(5-2,10-19)9-16-13-11(18(20)21)7-8-12(17-13)15-6-3/h7-8,19H,4-6,9-10H2,1-3H3,(H2,15,16,17). The second-order valence-electron chi connectivity index (χ2n) is 5.07. The summed E-state index contributed by atoms with van der Waals surface area (Å²) in [6, 6.07) is 3.03. The van der Waals surface area contributed by atoms with Crippen molar-refractivity contribution in [2.24, 2.45) is 5.41 Å². The van der Waals surface area contributed by atoms with E-state index in [0.29, 0.717) is 18.9 Å². The molecule has 1 heterocycles. The zero-order valence-electron chi connectivity index (χ0n) is 12.8. The minimum absolute atomic E-state index is 0.0354. The molecule has 0 saturated carbocycles. The number of aromatic nitrogens is 1. The molecule has 0 aromatic carbocycles. The largest absolute Gasteiger partial charge is 0.396 e. The molecule has 0 spiro atoms. The Kier molecular flexibility index (Phi) is 6.36. The van der Waals surface area contributed by atoms with E-state index in [2.05, 4.69) is 15.6 Å². The topological polar surface area (TPSA) is 100 Å². The molecule has 0 amide bonds. The molecule has 1 aromatic rings. The Morgan fingerprint density at radius 1 is 1.29 bits per heavy atom. The monoisotopic (exact) mass is 296 g/mol. The maximum atomic E-state index is 11.1. The maximum absolute atomic E-state index is 11.1. The average molecular weight is 296 g/mol. The molecule has 0 fully saturated rings. The van der Waals surface area contributed by atoms with Crippen LogP contribution in [0.25, 0.3) is 0 Å². The molecular formula is C14H24N4O3. The van der Waals surface area contributed by atoms with Gasteiger partial charge < -0.3 is 15.7 Å². The second-order valence-corrected chi connectivity index (χ2v) is 5.07. The number of aliphatic hydroxyl groups excluding tert-OH is 1. The van der Waals surface area contributed by atoms with E-state index in [9.17, 15) is 15.2 Å². The molecule has 0 aliphatic heterocycles. The fourth-order valence-corrected chi connectivity index (χ4v) is 2.06. The van der Waals surface area contributed by atoms with Crippen LogP contribution in [-0.4, -0.2) is 34.7 Å². The number of nitrogens with one attached hydrogen (secondary N) is 2. The quantitative estimate of drug-likeness (QED) is 0.478. The van der Waals surface area contributed by atoms with Crippen LogP contribution >= 0.6 is 0 Å². The smallest absolute Gasteiger partial charge is 0.311 e. The lowest BCUT2D eigenvalue weighted by molar-refractivity contribution is -0.384. The van der Waals surface area contributed by atoms with Crippen LogP contribution in [0.2, 0.25) is 0 Å². The van der Waals surface area contributed by atoms with Crippen molar-refractivity contribution >= 4 is 17.3 Å². The van der Waals surface area contributed by atoms with Crippen molar-refractivity contribution in [1.29, 1.82) is 0 Å². The van der Waals surface area contributed by atoms with Crippen molar-refractivity contribution in [1.82, 2.24) is 4.98 Å². The molecule has 21 heavy (non-hydrogen) atoms. The van der Waals surface area contributed by atoms with Crippen LogP contribution < -0.4 is 10.6 Å². The van der Waals surface area contributed by atoms with Crippen molar-refractivity contribution in [2.75, 3.05) is 30.3 Å². The number of hydrogen-bond acceptors (Lipinski definition) is 6. The molecule has 118 valence electrons. The van der Waals surface area contributed by atoms with E-state index < -0.39 is 4.92 Å². The van der Waals surface area contributed by atoms with E-state index in [-0.39, 0.29) is 23.5 Å². The lowest BCUT2D eigenvalue weighted by atomic mass is 9.83. The van der Waals surface area contributed by atoms with Crippen LogP contribution in [0.5, 0.6) is 0 Å². The summed E-state index contributed by atoms with van der Waals surface area (Å²) >= 11 is 0. The van der Waals surface area contributed by atoms with Gasteiger partial charge in [0.05, 0.1) is 11.5 Å². The zero-order chi connectivity index (χ0) is 15.9. The van der Waals surface area contributed by atoms with Crippen molar-refractivity contribution in [3.05, 3.63) is 22.2 Å². The fraction of sp³-hybridized carbons (Fsp3) is 0.643. The molecule has 0 bridgehead atoms. The van der Waals surface area contributed by atoms with Gasteiger partial charge in [-0.3, -0.25) is 10.1 Å². The van der Waals surface area contributed by atoms with Crippen molar-refractivity contribution < 1.29 is 10.0 Å². The van der Waals surface area contributed by atoms with Gasteiger partial charge in [-0.05, 0) is 25.8 Å². The van der Waals surface area contributed by atoms with Crippen LogP contribution in [0, 0.1) is 15.5 Å². The highest BCUT2D eigenvalue weighted by molar-refractivity contribution is 5.60. The number of hydrogen-bond donors (Lipinski definition) is 3. The van der Waals surface area contributed by atoms with Crippen LogP contribution in [0.15, 0.2) is 12.1 Å². The van der Waals surface area contributed by atoms with Gasteiger partial charge in [-0.15, -0.1) is 0 Å². The predicted molar refractivity (Wildman–Crippen MR) is 83.6 cm³/mol. The molecule has 1 rings (SSSR count). The summed E-state index contributed by atoms with van der Waals surface area (Å²) in [6.45, 7) is 7.10. The molecule has 7 heteroatoms. The molecule has 0 atom stereocenters. The number of nitro groups is 1. The van der Waals surface area contributed by atoms with Gasteiger partial charge in [0.15, 0.2) is 0 Å². The Bertz CT molecular complexity index is 467. The third-order valence-corrected chi connectivity index (χ3v) is 3.89. The van der Waals surface area contributed by atoms with E-state index in [1.54, 1.807) is 6.07 Å². The first-order valence-corrected chi connectivity index (χ1v) is 7.26. The molecule has 0 radical (unpaired) electrons. The van der Waals surface area contributed by atoms with Gasteiger partial charge in [0.1, 0.15) is 5.82 Å². The molecule has 0 aliphatic carbocycles. The van der Waals surface area contributed by atoms with Gasteiger partial charge in [0.25, 0.3) is 0 Å². The van der Waals surface area contributed by atoms with Crippen LogP contribution in [0.3, 0.4) is 0 Å². The third-order valence-electron chi connectivity index (χ3n) is 3.89. The van der Waals surface area contributed by atoms with Crippen LogP contribution in [0.4, 0.5) is 17.3 Å². The molecule has 0 aliphatic rings. The van der Waals surface area contributed by atoms with Crippen molar-refractivity contribution in [2.45, 2.75) is 33.6 Å². The minimum atomic E-state index is -0.455. The average Bonchev–Trinajstić information content (AvgIpc) is 2.49. The van der Waals surface area contributed by atoms with Gasteiger partial charge in [-0.2, -0.15) is 0 Å². The molecule has 7 nitrogen and oxygen atoms in total. The first kappa shape index (κ1) is 17.2. The Hall–Kier alpha value is -1.89. The summed E-state index contributed by atoms with van der Waals surface area (Å²) in [5, 5.41) is 26.7. The van der Waals surface area contributed by atoms with E-state index in [0.717, 1.165) is 12.8 Å². The first-order valence-electron chi connectivity index (χ1n) is 7.26. The SMILES string of the molecule is CCNc1ccc([N+](=O)[O-])c(NCC(CC)(CC)CO)n1. The number of anilines is 2. The summed E-state index contributed by atoms with van der Waals surface area (Å²) in [4.78, 5) is 14.9. The third kappa shape index (κ3) is 4.29. The van der Waals surface area contributed by atoms with Gasteiger partial charge in [0.2, 0.25) is 5.82 Å². The molecule has 0 unspecified atom stereocenters. The predicted octanol–water partition coefficient (Wildman–Crippen LogP) is 2.63. The summed E-state index contributed by atoms with van der Waals surface area (Å²) in [6.07, 6.45) is 1.57. The molecule has 1 aromatic heterocycles. The summed E-state index contributed by atoms with van der Waals surface area (Å²) in [7, 11) is 0. The Labute approximate surface area is 124 Å². The highest BCUT2D eigenvalue weighted by atomic mass is 16.6. The molecule has 3 N–H and O–H groups in total. The van der Waals surface area contributed by atoms with E-state index >= 15 is 0 Å². The highest BCUT2D eigenvalue weighted by Crippen LogP contribution is 2.29. The summed E-state index contributed by atoms with van der Waals surface area (Å²) in [5.74, 6) is 0.825. The summed E-state index contributed by atoms with van der Waals surface area (Å²) in [5.41, 5.74) is -0.347. The Morgan fingerprint density at radius 2 is 1.95 bits per heavy atom. The fourth-order valence-electron chi connectivity index (χ4n) is 2.06. The zero-order valence-corrected chi connectivity index (χ0v) is 12.8. The van der Waals surface area contributed by atoms with Gasteiger partial charge in [-0.25, -0.2) is 4.98 Å². The number of rotatable bonds is 9. The van der Waals surface area contributed by atoms with Crippen LogP contribution in [-0.2, 0) is 0 Å². The van der Waals surface area contributed by atoms with E-state index in [1.165, 1.54) is 6.07 Å².